The molecular weight excluding hydrogens is 190 g/mol. The molecule has 1 aliphatic heterocycles. The van der Waals surface area contributed by atoms with Crippen LogP contribution >= 0.6 is 0 Å². The molecular formula is C7H11N3O2S. The average Bonchev–Trinajstić information content (AvgIpc) is 2.46. The number of sulfone groups is 1. The molecule has 2 N–H and O–H groups in total. The van der Waals surface area contributed by atoms with E-state index in [0.717, 1.165) is 5.69 Å². The summed E-state index contributed by atoms with van der Waals surface area (Å²) in [6, 6.07) is 1.81. The number of nitrogens with two attached hydrogens (primary N) is 1. The van der Waals surface area contributed by atoms with E-state index >= 15 is 0 Å². The summed E-state index contributed by atoms with van der Waals surface area (Å²) in [5.41, 5.74) is 6.36. The molecule has 0 radical (unpaired) electrons. The highest BCUT2D eigenvalue weighted by Crippen LogP contribution is 2.23. The summed E-state index contributed by atoms with van der Waals surface area (Å²) in [5, 5.41) is 4.05. The van der Waals surface area contributed by atoms with Gasteiger partial charge in [-0.05, 0) is 6.07 Å². The lowest BCUT2D eigenvalue weighted by Gasteiger charge is -2.27. The molecule has 2 heterocycles. The van der Waals surface area contributed by atoms with Gasteiger partial charge >= 0.3 is 0 Å². The predicted molar refractivity (Wildman–Crippen MR) is 47.8 cm³/mol. The summed E-state index contributed by atoms with van der Waals surface area (Å²) in [5.74, 6) is 0.392. The summed E-state index contributed by atoms with van der Waals surface area (Å²) in [6.07, 6.45) is 1.65. The van der Waals surface area contributed by atoms with Gasteiger partial charge in [0.15, 0.2) is 9.84 Å². The van der Waals surface area contributed by atoms with Crippen LogP contribution in [0.5, 0.6) is 0 Å². The fraction of sp³-hybridized carbons (Fsp3) is 0.571. The second kappa shape index (κ2) is 2.81. The number of hydrogen-bond donors (Lipinski definition) is 1. The van der Waals surface area contributed by atoms with Crippen molar-refractivity contribution in [3.63, 3.8) is 0 Å². The van der Waals surface area contributed by atoms with E-state index in [-0.39, 0.29) is 17.5 Å². The standard InChI is InChI=1S/C7H11N3O2S/c8-3-6-1-2-9-10(6)7-4-13(11,12)5-7/h1-2,7H,3-5,8H2. The first-order chi connectivity index (χ1) is 6.12. The Morgan fingerprint density at radius 2 is 2.31 bits per heavy atom. The molecule has 1 fully saturated rings. The van der Waals surface area contributed by atoms with Gasteiger partial charge in [-0.2, -0.15) is 5.10 Å². The number of nitrogens with zero attached hydrogens (tertiary/aromatic N) is 2. The highest BCUT2D eigenvalue weighted by Gasteiger charge is 2.35. The normalized spacial score (nSPS) is 21.3. The van der Waals surface area contributed by atoms with E-state index in [4.69, 9.17) is 5.73 Å². The first-order valence-electron chi connectivity index (χ1n) is 4.05. The van der Waals surface area contributed by atoms with Crippen molar-refractivity contribution in [2.45, 2.75) is 12.6 Å². The van der Waals surface area contributed by atoms with E-state index in [2.05, 4.69) is 5.10 Å². The van der Waals surface area contributed by atoms with Crippen molar-refractivity contribution < 1.29 is 8.42 Å². The first kappa shape index (κ1) is 8.71. The molecule has 0 aromatic carbocycles. The number of rotatable bonds is 2. The molecule has 0 unspecified atom stereocenters. The Labute approximate surface area is 76.5 Å². The fourth-order valence-electron chi connectivity index (χ4n) is 1.51. The van der Waals surface area contributed by atoms with Gasteiger partial charge in [-0.25, -0.2) is 8.42 Å². The lowest BCUT2D eigenvalue weighted by atomic mass is 10.3. The van der Waals surface area contributed by atoms with Crippen LogP contribution in [0.3, 0.4) is 0 Å². The molecule has 1 aromatic heterocycles. The maximum Gasteiger partial charge on any atom is 0.154 e. The average molecular weight is 201 g/mol. The molecule has 0 amide bonds. The van der Waals surface area contributed by atoms with Gasteiger partial charge in [0.05, 0.1) is 23.2 Å². The molecule has 6 heteroatoms. The molecule has 2 rings (SSSR count). The molecule has 1 aliphatic rings. The minimum atomic E-state index is -2.78. The molecule has 1 aromatic rings. The van der Waals surface area contributed by atoms with E-state index in [1.165, 1.54) is 0 Å². The summed E-state index contributed by atoms with van der Waals surface area (Å²) < 4.78 is 23.5. The molecule has 0 spiro atoms. The van der Waals surface area contributed by atoms with E-state index < -0.39 is 9.84 Å². The minimum absolute atomic E-state index is 0.00134. The van der Waals surface area contributed by atoms with Crippen LogP contribution in [0.1, 0.15) is 11.7 Å². The third-order valence-electron chi connectivity index (χ3n) is 2.20. The predicted octanol–water partition coefficient (Wildman–Crippen LogP) is -0.689. The Balaban J connectivity index is 2.19. The summed E-state index contributed by atoms with van der Waals surface area (Å²) in [4.78, 5) is 0. The monoisotopic (exact) mass is 201 g/mol. The summed E-state index contributed by atoms with van der Waals surface area (Å²) in [6.45, 7) is 0.399. The van der Waals surface area contributed by atoms with Crippen LogP contribution in [-0.4, -0.2) is 29.7 Å². The van der Waals surface area contributed by atoms with Gasteiger partial charge in [0.1, 0.15) is 0 Å². The Bertz CT molecular complexity index is 397. The number of aromatic nitrogens is 2. The molecule has 13 heavy (non-hydrogen) atoms. The molecule has 0 atom stereocenters. The third kappa shape index (κ3) is 1.47. The van der Waals surface area contributed by atoms with Gasteiger partial charge < -0.3 is 5.73 Å². The van der Waals surface area contributed by atoms with Crippen LogP contribution in [0, 0.1) is 0 Å². The smallest absolute Gasteiger partial charge is 0.154 e. The lowest BCUT2D eigenvalue weighted by molar-refractivity contribution is 0.460. The lowest BCUT2D eigenvalue weighted by Crippen LogP contribution is -2.39. The molecule has 0 bridgehead atoms. The first-order valence-corrected chi connectivity index (χ1v) is 5.87. The van der Waals surface area contributed by atoms with Crippen molar-refractivity contribution >= 4 is 9.84 Å². The second-order valence-electron chi connectivity index (χ2n) is 3.20. The molecule has 0 saturated carbocycles. The summed E-state index contributed by atoms with van der Waals surface area (Å²) in [7, 11) is -2.78. The summed E-state index contributed by atoms with van der Waals surface area (Å²) >= 11 is 0. The van der Waals surface area contributed by atoms with Gasteiger partial charge in [0.2, 0.25) is 0 Å². The van der Waals surface area contributed by atoms with Crippen LogP contribution in [0.15, 0.2) is 12.3 Å². The van der Waals surface area contributed by atoms with Crippen molar-refractivity contribution in [1.29, 1.82) is 0 Å². The largest absolute Gasteiger partial charge is 0.325 e. The van der Waals surface area contributed by atoms with E-state index in [1.54, 1.807) is 10.9 Å². The van der Waals surface area contributed by atoms with Crippen LogP contribution in [0.4, 0.5) is 0 Å². The van der Waals surface area contributed by atoms with Gasteiger partial charge in [-0.3, -0.25) is 4.68 Å². The van der Waals surface area contributed by atoms with Crippen LogP contribution in [0.2, 0.25) is 0 Å². The Morgan fingerprint density at radius 3 is 2.85 bits per heavy atom. The van der Waals surface area contributed by atoms with Crippen LogP contribution < -0.4 is 5.73 Å². The van der Waals surface area contributed by atoms with Gasteiger partial charge in [0, 0.05) is 12.7 Å². The number of hydrogen-bond acceptors (Lipinski definition) is 4. The third-order valence-corrected chi connectivity index (χ3v) is 3.99. The van der Waals surface area contributed by atoms with Crippen LogP contribution in [0.25, 0.3) is 0 Å². The fourth-order valence-corrected chi connectivity index (χ4v) is 2.87. The highest BCUT2D eigenvalue weighted by atomic mass is 32.2. The molecule has 0 aliphatic carbocycles. The van der Waals surface area contributed by atoms with Crippen molar-refractivity contribution in [2.75, 3.05) is 11.5 Å². The van der Waals surface area contributed by atoms with Crippen molar-refractivity contribution in [3.05, 3.63) is 18.0 Å². The molecule has 5 nitrogen and oxygen atoms in total. The Hall–Kier alpha value is -0.880. The second-order valence-corrected chi connectivity index (χ2v) is 5.36. The van der Waals surface area contributed by atoms with Gasteiger partial charge in [-0.1, -0.05) is 0 Å². The molecule has 72 valence electrons. The highest BCUT2D eigenvalue weighted by molar-refractivity contribution is 7.92. The van der Waals surface area contributed by atoms with Crippen molar-refractivity contribution in [3.8, 4) is 0 Å². The van der Waals surface area contributed by atoms with E-state index in [1.807, 2.05) is 6.07 Å². The van der Waals surface area contributed by atoms with E-state index in [9.17, 15) is 8.42 Å². The Kier molecular flexibility index (Phi) is 1.88. The topological polar surface area (TPSA) is 78.0 Å². The zero-order valence-corrected chi connectivity index (χ0v) is 7.87. The minimum Gasteiger partial charge on any atom is -0.325 e. The van der Waals surface area contributed by atoms with Crippen molar-refractivity contribution in [1.82, 2.24) is 9.78 Å². The van der Waals surface area contributed by atoms with Gasteiger partial charge in [-0.15, -0.1) is 0 Å². The molecule has 1 saturated heterocycles. The SMILES string of the molecule is NCc1ccnn1C1CS(=O)(=O)C1. The van der Waals surface area contributed by atoms with Crippen LogP contribution in [-0.2, 0) is 16.4 Å². The van der Waals surface area contributed by atoms with E-state index in [0.29, 0.717) is 6.54 Å². The van der Waals surface area contributed by atoms with Crippen molar-refractivity contribution in [2.24, 2.45) is 5.73 Å². The zero-order chi connectivity index (χ0) is 9.47. The maximum absolute atomic E-state index is 10.9. The zero-order valence-electron chi connectivity index (χ0n) is 7.05. The Morgan fingerprint density at radius 1 is 1.62 bits per heavy atom. The van der Waals surface area contributed by atoms with Gasteiger partial charge in [0.25, 0.3) is 0 Å². The maximum atomic E-state index is 10.9. The quantitative estimate of drug-likeness (QED) is 0.687.